The molecule has 0 saturated carbocycles. The third kappa shape index (κ3) is 2.84. The monoisotopic (exact) mass is 383 g/mol. The largest absolute Gasteiger partial charge is 0.326 e. The zero-order valence-electron chi connectivity index (χ0n) is 13.4. The number of amides is 1. The fourth-order valence-corrected chi connectivity index (χ4v) is 3.57. The molecule has 1 aromatic carbocycles. The Morgan fingerprint density at radius 2 is 2.08 bits per heavy atom. The number of carbonyl (C=O) groups excluding carboxylic acids is 1. The quantitative estimate of drug-likeness (QED) is 0.722. The van der Waals surface area contributed by atoms with Crippen LogP contribution in [0.15, 0.2) is 47.1 Å². The molecule has 122 valence electrons. The molecule has 0 radical (unpaired) electrons. The lowest BCUT2D eigenvalue weighted by atomic mass is 9.89. The molecule has 1 aliphatic carbocycles. The molecule has 1 N–H and O–H groups in total. The van der Waals surface area contributed by atoms with Crippen LogP contribution < -0.4 is 5.32 Å². The molecule has 3 aromatic rings. The van der Waals surface area contributed by atoms with Gasteiger partial charge in [0, 0.05) is 34.4 Å². The first-order valence-electron chi connectivity index (χ1n) is 8.13. The number of hydrogen-bond donors (Lipinski definition) is 1. The van der Waals surface area contributed by atoms with Crippen molar-refractivity contribution in [2.24, 2.45) is 5.92 Å². The molecule has 1 unspecified atom stereocenters. The van der Waals surface area contributed by atoms with Crippen molar-refractivity contribution in [2.45, 2.75) is 26.2 Å². The van der Waals surface area contributed by atoms with E-state index in [-0.39, 0.29) is 11.8 Å². The Morgan fingerprint density at radius 1 is 1.29 bits per heavy atom. The van der Waals surface area contributed by atoms with Gasteiger partial charge in [0.1, 0.15) is 5.65 Å². The van der Waals surface area contributed by atoms with E-state index in [2.05, 4.69) is 50.9 Å². The summed E-state index contributed by atoms with van der Waals surface area (Å²) in [7, 11) is 0. The van der Waals surface area contributed by atoms with Crippen molar-refractivity contribution in [2.75, 3.05) is 5.32 Å². The number of rotatable bonds is 2. The van der Waals surface area contributed by atoms with Crippen molar-refractivity contribution >= 4 is 33.2 Å². The van der Waals surface area contributed by atoms with E-state index in [4.69, 9.17) is 4.98 Å². The molecule has 24 heavy (non-hydrogen) atoms. The Morgan fingerprint density at radius 3 is 2.88 bits per heavy atom. The molecule has 4 nitrogen and oxygen atoms in total. The van der Waals surface area contributed by atoms with Crippen molar-refractivity contribution in [1.82, 2.24) is 9.38 Å². The lowest BCUT2D eigenvalue weighted by Gasteiger charge is -2.21. The lowest BCUT2D eigenvalue weighted by Crippen LogP contribution is -2.28. The number of anilines is 1. The second-order valence-corrected chi connectivity index (χ2v) is 7.29. The molecule has 2 heterocycles. The van der Waals surface area contributed by atoms with Gasteiger partial charge in [0.25, 0.3) is 0 Å². The maximum atomic E-state index is 12.6. The molecule has 2 aromatic heterocycles. The molecule has 4 rings (SSSR count). The van der Waals surface area contributed by atoms with E-state index >= 15 is 0 Å². The van der Waals surface area contributed by atoms with E-state index in [1.54, 1.807) is 0 Å². The van der Waals surface area contributed by atoms with E-state index < -0.39 is 0 Å². The summed E-state index contributed by atoms with van der Waals surface area (Å²) in [4.78, 5) is 17.3. The maximum absolute atomic E-state index is 12.6. The van der Waals surface area contributed by atoms with Crippen molar-refractivity contribution in [3.05, 3.63) is 64.0 Å². The second kappa shape index (κ2) is 6.06. The Kier molecular flexibility index (Phi) is 3.88. The van der Waals surface area contributed by atoms with Gasteiger partial charge < -0.3 is 9.72 Å². The topological polar surface area (TPSA) is 46.4 Å². The minimum Gasteiger partial charge on any atom is -0.326 e. The SMILES string of the molecule is Cc1ccn2c3c(nc2c1)CCC(C(=O)Nc1ccc(Br)cc1)C3. The van der Waals surface area contributed by atoms with Gasteiger partial charge in [0.2, 0.25) is 5.91 Å². The highest BCUT2D eigenvalue weighted by molar-refractivity contribution is 9.10. The first kappa shape index (κ1) is 15.4. The number of pyridine rings is 1. The van der Waals surface area contributed by atoms with E-state index in [1.807, 2.05) is 24.3 Å². The van der Waals surface area contributed by atoms with Gasteiger partial charge in [0.15, 0.2) is 0 Å². The van der Waals surface area contributed by atoms with Crippen LogP contribution in [0.2, 0.25) is 0 Å². The number of nitrogens with one attached hydrogen (secondary N) is 1. The molecule has 0 bridgehead atoms. The Labute approximate surface area is 149 Å². The molecule has 1 atom stereocenters. The number of benzene rings is 1. The predicted molar refractivity (Wildman–Crippen MR) is 98.2 cm³/mol. The van der Waals surface area contributed by atoms with E-state index in [9.17, 15) is 4.79 Å². The molecule has 1 aliphatic rings. The number of aryl methyl sites for hydroxylation is 2. The Bertz CT molecular complexity index is 914. The lowest BCUT2D eigenvalue weighted by molar-refractivity contribution is -0.120. The number of aromatic nitrogens is 2. The Hall–Kier alpha value is -2.14. The average molecular weight is 384 g/mol. The van der Waals surface area contributed by atoms with Gasteiger partial charge in [0.05, 0.1) is 5.69 Å². The third-order valence-corrected chi connectivity index (χ3v) is 5.14. The summed E-state index contributed by atoms with van der Waals surface area (Å²) in [5, 5.41) is 3.03. The normalized spacial score (nSPS) is 16.8. The van der Waals surface area contributed by atoms with E-state index in [0.717, 1.165) is 40.8 Å². The number of imidazole rings is 1. The van der Waals surface area contributed by atoms with Crippen molar-refractivity contribution in [1.29, 1.82) is 0 Å². The van der Waals surface area contributed by atoms with Gasteiger partial charge in [-0.15, -0.1) is 0 Å². The minimum absolute atomic E-state index is 0.0117. The van der Waals surface area contributed by atoms with Crippen molar-refractivity contribution < 1.29 is 4.79 Å². The first-order chi connectivity index (χ1) is 11.6. The van der Waals surface area contributed by atoms with Crippen LogP contribution in [-0.4, -0.2) is 15.3 Å². The fraction of sp³-hybridized carbons (Fsp3) is 0.263. The van der Waals surface area contributed by atoms with Crippen LogP contribution in [0.1, 0.15) is 23.4 Å². The van der Waals surface area contributed by atoms with Gasteiger partial charge in [-0.05, 0) is 61.7 Å². The third-order valence-electron chi connectivity index (χ3n) is 4.62. The summed E-state index contributed by atoms with van der Waals surface area (Å²) in [5.74, 6) is 0.0763. The van der Waals surface area contributed by atoms with E-state index in [1.165, 1.54) is 11.3 Å². The van der Waals surface area contributed by atoms with Gasteiger partial charge in [-0.2, -0.15) is 0 Å². The second-order valence-electron chi connectivity index (χ2n) is 6.37. The average Bonchev–Trinajstić information content (AvgIpc) is 2.93. The van der Waals surface area contributed by atoms with Gasteiger partial charge in [-0.25, -0.2) is 4.98 Å². The maximum Gasteiger partial charge on any atom is 0.227 e. The number of fused-ring (bicyclic) bond motifs is 3. The van der Waals surface area contributed by atoms with Crippen molar-refractivity contribution in [3.63, 3.8) is 0 Å². The summed E-state index contributed by atoms with van der Waals surface area (Å²) in [6.45, 7) is 2.07. The summed E-state index contributed by atoms with van der Waals surface area (Å²) >= 11 is 3.41. The van der Waals surface area contributed by atoms with Crippen LogP contribution in [-0.2, 0) is 17.6 Å². The fourth-order valence-electron chi connectivity index (χ4n) is 3.31. The molecule has 0 aliphatic heterocycles. The molecular formula is C19H18BrN3O. The molecule has 1 amide bonds. The van der Waals surface area contributed by atoms with Gasteiger partial charge >= 0.3 is 0 Å². The summed E-state index contributed by atoms with van der Waals surface area (Å²) in [6.07, 6.45) is 4.50. The summed E-state index contributed by atoms with van der Waals surface area (Å²) in [5.41, 5.74) is 5.33. The molecule has 5 heteroatoms. The first-order valence-corrected chi connectivity index (χ1v) is 8.92. The van der Waals surface area contributed by atoms with Crippen LogP contribution in [0.4, 0.5) is 5.69 Å². The van der Waals surface area contributed by atoms with Gasteiger partial charge in [-0.3, -0.25) is 4.79 Å². The van der Waals surface area contributed by atoms with Crippen LogP contribution in [0.25, 0.3) is 5.65 Å². The Balaban J connectivity index is 1.56. The van der Waals surface area contributed by atoms with Crippen LogP contribution >= 0.6 is 15.9 Å². The summed E-state index contributed by atoms with van der Waals surface area (Å²) in [6, 6.07) is 11.9. The summed E-state index contributed by atoms with van der Waals surface area (Å²) < 4.78 is 3.13. The molecular weight excluding hydrogens is 366 g/mol. The van der Waals surface area contributed by atoms with Crippen LogP contribution in [0.5, 0.6) is 0 Å². The zero-order valence-corrected chi connectivity index (χ0v) is 15.0. The highest BCUT2D eigenvalue weighted by Gasteiger charge is 2.28. The highest BCUT2D eigenvalue weighted by atomic mass is 79.9. The smallest absolute Gasteiger partial charge is 0.227 e. The number of hydrogen-bond acceptors (Lipinski definition) is 2. The molecule has 0 fully saturated rings. The molecule has 0 spiro atoms. The van der Waals surface area contributed by atoms with Crippen LogP contribution in [0, 0.1) is 12.8 Å². The standard InChI is InChI=1S/C19H18BrN3O/c1-12-8-9-23-17-11-13(2-7-16(17)22-18(23)10-12)19(24)21-15-5-3-14(20)4-6-15/h3-6,8-10,13H,2,7,11H2,1H3,(H,21,24). The van der Waals surface area contributed by atoms with Crippen LogP contribution in [0.3, 0.4) is 0 Å². The van der Waals surface area contributed by atoms with E-state index in [0.29, 0.717) is 0 Å². The number of carbonyl (C=O) groups is 1. The van der Waals surface area contributed by atoms with Crippen molar-refractivity contribution in [3.8, 4) is 0 Å². The number of nitrogens with zero attached hydrogens (tertiary/aromatic N) is 2. The predicted octanol–water partition coefficient (Wildman–Crippen LogP) is 4.15. The minimum atomic E-state index is -0.0117. The van der Waals surface area contributed by atoms with Gasteiger partial charge in [-0.1, -0.05) is 15.9 Å². The zero-order chi connectivity index (χ0) is 16.7. The number of halogens is 1. The molecule has 0 saturated heterocycles. The highest BCUT2D eigenvalue weighted by Crippen LogP contribution is 2.28.